The van der Waals surface area contributed by atoms with Crippen molar-refractivity contribution in [2.45, 2.75) is 6.42 Å². The molecule has 2 N–H and O–H groups in total. The van der Waals surface area contributed by atoms with Crippen molar-refractivity contribution in [3.8, 4) is 0 Å². The van der Waals surface area contributed by atoms with Crippen LogP contribution < -0.4 is 5.73 Å². The van der Waals surface area contributed by atoms with E-state index in [0.29, 0.717) is 5.70 Å². The first-order valence-electron chi connectivity index (χ1n) is 4.52. The van der Waals surface area contributed by atoms with E-state index < -0.39 is 0 Å². The third-order valence-corrected chi connectivity index (χ3v) is 2.40. The van der Waals surface area contributed by atoms with Crippen LogP contribution in [0, 0.1) is 0 Å². The number of hydrogen-bond donors (Lipinski definition) is 1. The number of allylic oxidation sites excluding steroid dienone is 4. The standard InChI is InChI=1S/C11H13N3/c1-8(12)9-3-4-10(7-9)11-5-6-13-14(11)2/h4-7H,1,3,12H2,2H3. The monoisotopic (exact) mass is 187 g/mol. The second kappa shape index (κ2) is 3.18. The number of aromatic nitrogens is 2. The Morgan fingerprint density at radius 3 is 2.93 bits per heavy atom. The molecule has 72 valence electrons. The summed E-state index contributed by atoms with van der Waals surface area (Å²) in [4.78, 5) is 0. The van der Waals surface area contributed by atoms with Gasteiger partial charge in [0.05, 0.1) is 5.69 Å². The van der Waals surface area contributed by atoms with Crippen molar-refractivity contribution in [3.05, 3.63) is 48.0 Å². The zero-order chi connectivity index (χ0) is 10.1. The molecular formula is C11H13N3. The average Bonchev–Trinajstić information content (AvgIpc) is 2.71. The van der Waals surface area contributed by atoms with Gasteiger partial charge in [0.1, 0.15) is 0 Å². The minimum atomic E-state index is 0.651. The molecule has 0 aromatic carbocycles. The molecule has 1 aliphatic carbocycles. The minimum absolute atomic E-state index is 0.651. The maximum atomic E-state index is 5.63. The lowest BCUT2D eigenvalue weighted by Crippen LogP contribution is -1.97. The molecule has 1 aromatic rings. The van der Waals surface area contributed by atoms with Crippen molar-refractivity contribution in [3.63, 3.8) is 0 Å². The number of hydrogen-bond acceptors (Lipinski definition) is 2. The molecule has 2 rings (SSSR count). The summed E-state index contributed by atoms with van der Waals surface area (Å²) in [5.74, 6) is 0. The van der Waals surface area contributed by atoms with Gasteiger partial charge in [-0.25, -0.2) is 0 Å². The summed E-state index contributed by atoms with van der Waals surface area (Å²) in [7, 11) is 1.93. The quantitative estimate of drug-likeness (QED) is 0.764. The Bertz CT molecular complexity index is 435. The zero-order valence-corrected chi connectivity index (χ0v) is 8.20. The van der Waals surface area contributed by atoms with Crippen LogP contribution in [0.4, 0.5) is 0 Å². The molecule has 0 unspecified atom stereocenters. The summed E-state index contributed by atoms with van der Waals surface area (Å²) in [6, 6.07) is 1.99. The van der Waals surface area contributed by atoms with Crippen LogP contribution in [0.15, 0.2) is 42.3 Å². The lowest BCUT2D eigenvalue weighted by molar-refractivity contribution is 0.757. The highest BCUT2D eigenvalue weighted by atomic mass is 15.3. The smallest absolute Gasteiger partial charge is 0.0675 e. The van der Waals surface area contributed by atoms with E-state index in [0.717, 1.165) is 17.7 Å². The van der Waals surface area contributed by atoms with Gasteiger partial charge in [-0.05, 0) is 29.7 Å². The highest BCUT2D eigenvalue weighted by Crippen LogP contribution is 2.27. The number of rotatable bonds is 2. The summed E-state index contributed by atoms with van der Waals surface area (Å²) in [5, 5.41) is 4.12. The van der Waals surface area contributed by atoms with Crippen LogP contribution >= 0.6 is 0 Å². The van der Waals surface area contributed by atoms with E-state index in [1.54, 1.807) is 6.20 Å². The Labute approximate surface area is 83.2 Å². The number of aryl methyl sites for hydroxylation is 1. The molecule has 0 amide bonds. The lowest BCUT2D eigenvalue weighted by Gasteiger charge is -1.99. The van der Waals surface area contributed by atoms with Crippen molar-refractivity contribution in [2.24, 2.45) is 12.8 Å². The van der Waals surface area contributed by atoms with Crippen molar-refractivity contribution in [2.75, 3.05) is 0 Å². The molecular weight excluding hydrogens is 174 g/mol. The van der Waals surface area contributed by atoms with Crippen LogP contribution in [0.3, 0.4) is 0 Å². The highest BCUT2D eigenvalue weighted by Gasteiger charge is 2.11. The van der Waals surface area contributed by atoms with E-state index in [2.05, 4.69) is 23.8 Å². The minimum Gasteiger partial charge on any atom is -0.399 e. The molecule has 0 atom stereocenters. The van der Waals surface area contributed by atoms with Crippen molar-refractivity contribution >= 4 is 5.57 Å². The molecule has 0 spiro atoms. The molecule has 0 saturated carbocycles. The Hall–Kier alpha value is -1.77. The molecule has 1 heterocycles. The fourth-order valence-corrected chi connectivity index (χ4v) is 1.58. The van der Waals surface area contributed by atoms with Gasteiger partial charge in [-0.3, -0.25) is 4.68 Å². The number of nitrogens with zero attached hydrogens (tertiary/aromatic N) is 2. The number of nitrogens with two attached hydrogens (primary N) is 1. The van der Waals surface area contributed by atoms with E-state index in [4.69, 9.17) is 5.73 Å². The van der Waals surface area contributed by atoms with Gasteiger partial charge >= 0.3 is 0 Å². The SMILES string of the molecule is C=C(N)C1=CC(c2ccnn2C)=CC1. The molecule has 3 heteroatoms. The van der Waals surface area contributed by atoms with Crippen molar-refractivity contribution in [1.82, 2.24) is 9.78 Å². The van der Waals surface area contributed by atoms with Gasteiger partial charge in [-0.2, -0.15) is 5.10 Å². The molecule has 0 aliphatic heterocycles. The van der Waals surface area contributed by atoms with E-state index in [1.165, 1.54) is 5.57 Å². The first-order chi connectivity index (χ1) is 6.68. The van der Waals surface area contributed by atoms with Gasteiger partial charge in [0.15, 0.2) is 0 Å². The van der Waals surface area contributed by atoms with Crippen molar-refractivity contribution < 1.29 is 0 Å². The highest BCUT2D eigenvalue weighted by molar-refractivity contribution is 5.77. The fraction of sp³-hybridized carbons (Fsp3) is 0.182. The largest absolute Gasteiger partial charge is 0.399 e. The van der Waals surface area contributed by atoms with Gasteiger partial charge in [-0.15, -0.1) is 0 Å². The molecule has 1 aromatic heterocycles. The molecule has 3 nitrogen and oxygen atoms in total. The Morgan fingerprint density at radius 2 is 2.43 bits per heavy atom. The maximum absolute atomic E-state index is 5.63. The topological polar surface area (TPSA) is 43.8 Å². The second-order valence-electron chi connectivity index (χ2n) is 3.40. The summed E-state index contributed by atoms with van der Waals surface area (Å²) < 4.78 is 1.85. The van der Waals surface area contributed by atoms with Crippen LogP contribution in [-0.2, 0) is 7.05 Å². The summed E-state index contributed by atoms with van der Waals surface area (Å²) in [6.45, 7) is 3.73. The molecule has 1 aliphatic rings. The Morgan fingerprint density at radius 1 is 1.64 bits per heavy atom. The Balaban J connectivity index is 2.32. The fourth-order valence-electron chi connectivity index (χ4n) is 1.58. The van der Waals surface area contributed by atoms with Crippen LogP contribution in [0.25, 0.3) is 5.57 Å². The average molecular weight is 187 g/mol. The molecule has 0 saturated heterocycles. The van der Waals surface area contributed by atoms with E-state index in [1.807, 2.05) is 17.8 Å². The predicted octanol–water partition coefficient (Wildman–Crippen LogP) is 1.61. The predicted molar refractivity (Wildman–Crippen MR) is 57.2 cm³/mol. The first kappa shape index (κ1) is 8.81. The molecule has 0 bridgehead atoms. The van der Waals surface area contributed by atoms with Gasteiger partial charge < -0.3 is 5.73 Å². The third kappa shape index (κ3) is 1.37. The summed E-state index contributed by atoms with van der Waals surface area (Å²) >= 11 is 0. The van der Waals surface area contributed by atoms with Crippen LogP contribution in [0.2, 0.25) is 0 Å². The second-order valence-corrected chi connectivity index (χ2v) is 3.40. The molecule has 0 radical (unpaired) electrons. The summed E-state index contributed by atoms with van der Waals surface area (Å²) in [5.41, 5.74) is 9.67. The van der Waals surface area contributed by atoms with E-state index in [9.17, 15) is 0 Å². The van der Waals surface area contributed by atoms with Crippen LogP contribution in [0.5, 0.6) is 0 Å². The van der Waals surface area contributed by atoms with Gasteiger partial charge in [0, 0.05) is 18.9 Å². The van der Waals surface area contributed by atoms with Crippen LogP contribution in [-0.4, -0.2) is 9.78 Å². The first-order valence-corrected chi connectivity index (χ1v) is 4.52. The zero-order valence-electron chi connectivity index (χ0n) is 8.20. The normalized spacial score (nSPS) is 15.2. The third-order valence-electron chi connectivity index (χ3n) is 2.40. The van der Waals surface area contributed by atoms with E-state index in [-0.39, 0.29) is 0 Å². The van der Waals surface area contributed by atoms with Crippen molar-refractivity contribution in [1.29, 1.82) is 0 Å². The Kier molecular flexibility index (Phi) is 2.00. The van der Waals surface area contributed by atoms with E-state index >= 15 is 0 Å². The van der Waals surface area contributed by atoms with Crippen LogP contribution in [0.1, 0.15) is 12.1 Å². The molecule has 0 fully saturated rings. The van der Waals surface area contributed by atoms with Gasteiger partial charge in [0.2, 0.25) is 0 Å². The van der Waals surface area contributed by atoms with Gasteiger partial charge in [-0.1, -0.05) is 12.7 Å². The maximum Gasteiger partial charge on any atom is 0.0675 e. The summed E-state index contributed by atoms with van der Waals surface area (Å²) in [6.07, 6.45) is 6.87. The van der Waals surface area contributed by atoms with Gasteiger partial charge in [0.25, 0.3) is 0 Å². The molecule has 14 heavy (non-hydrogen) atoms. The lowest BCUT2D eigenvalue weighted by atomic mass is 10.2.